The van der Waals surface area contributed by atoms with E-state index in [-0.39, 0.29) is 11.5 Å². The van der Waals surface area contributed by atoms with E-state index in [1.54, 1.807) is 7.11 Å². The zero-order valence-corrected chi connectivity index (χ0v) is 15.2. The number of hydrogen-bond acceptors (Lipinski definition) is 4. The van der Waals surface area contributed by atoms with Crippen LogP contribution in [0, 0.1) is 5.41 Å². The van der Waals surface area contributed by atoms with Gasteiger partial charge in [0.05, 0.1) is 0 Å². The summed E-state index contributed by atoms with van der Waals surface area (Å²) in [6.07, 6.45) is 2.83. The molecule has 1 fully saturated rings. The van der Waals surface area contributed by atoms with Gasteiger partial charge in [0.2, 0.25) is 0 Å². The first-order valence-electron chi connectivity index (χ1n) is 8.33. The van der Waals surface area contributed by atoms with Crippen molar-refractivity contribution in [1.29, 1.82) is 0 Å². The second-order valence-electron chi connectivity index (χ2n) is 8.03. The van der Waals surface area contributed by atoms with Crippen LogP contribution in [0.1, 0.15) is 53.9 Å². The average molecular weight is 314 g/mol. The predicted octanol–water partition coefficient (Wildman–Crippen LogP) is 3.04. The van der Waals surface area contributed by atoms with Crippen molar-refractivity contribution < 1.29 is 14.3 Å². The Labute approximate surface area is 135 Å². The summed E-state index contributed by atoms with van der Waals surface area (Å²) >= 11 is 0. The summed E-state index contributed by atoms with van der Waals surface area (Å²) in [4.78, 5) is 13.8. The summed E-state index contributed by atoms with van der Waals surface area (Å²) in [6.45, 7) is 13.5. The quantitative estimate of drug-likeness (QED) is 0.819. The minimum absolute atomic E-state index is 0.189. The molecule has 5 nitrogen and oxygen atoms in total. The minimum atomic E-state index is -0.419. The lowest BCUT2D eigenvalue weighted by Gasteiger charge is -2.35. The Morgan fingerprint density at radius 3 is 2.27 bits per heavy atom. The van der Waals surface area contributed by atoms with Gasteiger partial charge in [-0.25, -0.2) is 4.79 Å². The highest BCUT2D eigenvalue weighted by molar-refractivity contribution is 5.68. The molecule has 0 aromatic heterocycles. The molecule has 5 heteroatoms. The van der Waals surface area contributed by atoms with Crippen LogP contribution in [0.25, 0.3) is 0 Å². The number of carbonyl (C=O) groups is 1. The second kappa shape index (κ2) is 8.16. The lowest BCUT2D eigenvalue weighted by molar-refractivity contribution is 0.0195. The van der Waals surface area contributed by atoms with Crippen molar-refractivity contribution in [2.24, 2.45) is 5.41 Å². The zero-order valence-electron chi connectivity index (χ0n) is 15.2. The lowest BCUT2D eigenvalue weighted by atomic mass is 9.89. The summed E-state index contributed by atoms with van der Waals surface area (Å²) in [5.41, 5.74) is -0.185. The molecule has 1 heterocycles. The van der Waals surface area contributed by atoms with E-state index in [0.717, 1.165) is 45.5 Å². The fraction of sp³-hybridized carbons (Fsp3) is 0.941. The van der Waals surface area contributed by atoms with E-state index in [2.05, 4.69) is 19.2 Å². The number of likely N-dealkylation sites (tertiary alicyclic amines) is 1. The summed E-state index contributed by atoms with van der Waals surface area (Å²) in [5.74, 6) is 0. The van der Waals surface area contributed by atoms with E-state index in [9.17, 15) is 4.79 Å². The second-order valence-corrected chi connectivity index (χ2v) is 8.03. The molecule has 0 bridgehead atoms. The minimum Gasteiger partial charge on any atom is -0.444 e. The molecule has 1 amide bonds. The van der Waals surface area contributed by atoms with Gasteiger partial charge in [0, 0.05) is 39.4 Å². The van der Waals surface area contributed by atoms with Crippen LogP contribution in [-0.2, 0) is 9.47 Å². The number of carbonyl (C=O) groups excluding carboxylic acids is 1. The largest absolute Gasteiger partial charge is 0.444 e. The third-order valence-electron chi connectivity index (χ3n) is 4.00. The van der Waals surface area contributed by atoms with E-state index in [4.69, 9.17) is 9.47 Å². The van der Waals surface area contributed by atoms with Gasteiger partial charge in [-0.1, -0.05) is 13.8 Å². The molecule has 0 saturated carbocycles. The number of amides is 1. The number of nitrogens with zero attached hydrogens (tertiary/aromatic N) is 1. The highest BCUT2D eigenvalue weighted by Gasteiger charge is 2.27. The lowest BCUT2D eigenvalue weighted by Crippen LogP contribution is -2.48. The SMILES string of the molecule is COCCC(C)(C)CNC1CCN(C(=O)OC(C)(C)C)CC1. The first-order chi connectivity index (χ1) is 10.1. The van der Waals surface area contributed by atoms with E-state index < -0.39 is 5.60 Å². The Morgan fingerprint density at radius 2 is 1.77 bits per heavy atom. The first kappa shape index (κ1) is 19.2. The molecule has 0 aromatic rings. The van der Waals surface area contributed by atoms with Crippen molar-refractivity contribution in [2.75, 3.05) is 33.4 Å². The number of methoxy groups -OCH3 is 1. The van der Waals surface area contributed by atoms with E-state index in [1.807, 2.05) is 25.7 Å². The maximum atomic E-state index is 12.0. The van der Waals surface area contributed by atoms with Gasteiger partial charge >= 0.3 is 6.09 Å². The number of nitrogens with one attached hydrogen (secondary N) is 1. The molecule has 0 unspecified atom stereocenters. The van der Waals surface area contributed by atoms with Crippen molar-refractivity contribution in [3.05, 3.63) is 0 Å². The fourth-order valence-corrected chi connectivity index (χ4v) is 2.48. The third kappa shape index (κ3) is 7.45. The Hall–Kier alpha value is -0.810. The molecule has 0 aromatic carbocycles. The fourth-order valence-electron chi connectivity index (χ4n) is 2.48. The highest BCUT2D eigenvalue weighted by atomic mass is 16.6. The Balaban J connectivity index is 2.29. The topological polar surface area (TPSA) is 50.8 Å². The monoisotopic (exact) mass is 314 g/mol. The Bertz CT molecular complexity index is 342. The molecule has 130 valence electrons. The normalized spacial score (nSPS) is 17.6. The molecule has 1 N–H and O–H groups in total. The molecule has 22 heavy (non-hydrogen) atoms. The maximum absolute atomic E-state index is 12.0. The standard InChI is InChI=1S/C17H34N2O3/c1-16(2,3)22-15(20)19-10-7-14(8-11-19)18-13-17(4,5)9-12-21-6/h14,18H,7-13H2,1-6H3. The highest BCUT2D eigenvalue weighted by Crippen LogP contribution is 2.21. The number of ether oxygens (including phenoxy) is 2. The van der Waals surface area contributed by atoms with Crippen LogP contribution >= 0.6 is 0 Å². The molecule has 1 saturated heterocycles. The van der Waals surface area contributed by atoms with Crippen molar-refractivity contribution in [3.8, 4) is 0 Å². The summed E-state index contributed by atoms with van der Waals surface area (Å²) in [5, 5.41) is 3.64. The number of hydrogen-bond donors (Lipinski definition) is 1. The van der Waals surface area contributed by atoms with Gasteiger partial charge in [0.25, 0.3) is 0 Å². The Kier molecular flexibility index (Phi) is 7.13. The van der Waals surface area contributed by atoms with Crippen LogP contribution in [0.15, 0.2) is 0 Å². The smallest absolute Gasteiger partial charge is 0.410 e. The van der Waals surface area contributed by atoms with E-state index >= 15 is 0 Å². The molecule has 0 radical (unpaired) electrons. The molecule has 1 rings (SSSR count). The molecule has 0 atom stereocenters. The summed E-state index contributed by atoms with van der Waals surface area (Å²) in [6, 6.07) is 0.487. The van der Waals surface area contributed by atoms with Crippen molar-refractivity contribution in [1.82, 2.24) is 10.2 Å². The van der Waals surface area contributed by atoms with E-state index in [1.165, 1.54) is 0 Å². The van der Waals surface area contributed by atoms with Crippen LogP contribution in [0.2, 0.25) is 0 Å². The zero-order chi connectivity index (χ0) is 16.8. The van der Waals surface area contributed by atoms with Crippen LogP contribution in [0.3, 0.4) is 0 Å². The van der Waals surface area contributed by atoms with Crippen LogP contribution in [0.4, 0.5) is 4.79 Å². The third-order valence-corrected chi connectivity index (χ3v) is 4.00. The molecule has 0 aliphatic carbocycles. The summed E-state index contributed by atoms with van der Waals surface area (Å²) < 4.78 is 10.6. The number of piperidine rings is 1. The summed E-state index contributed by atoms with van der Waals surface area (Å²) in [7, 11) is 1.75. The van der Waals surface area contributed by atoms with Gasteiger partial charge in [0.15, 0.2) is 0 Å². The molecule has 0 spiro atoms. The van der Waals surface area contributed by atoms with Crippen molar-refractivity contribution in [2.45, 2.75) is 65.5 Å². The molecular formula is C17H34N2O3. The van der Waals surface area contributed by atoms with Crippen molar-refractivity contribution in [3.63, 3.8) is 0 Å². The van der Waals surface area contributed by atoms with Gasteiger partial charge in [-0.2, -0.15) is 0 Å². The predicted molar refractivity (Wildman–Crippen MR) is 89.1 cm³/mol. The molecule has 1 aliphatic heterocycles. The Morgan fingerprint density at radius 1 is 1.18 bits per heavy atom. The van der Waals surface area contributed by atoms with Gasteiger partial charge in [-0.05, 0) is 45.4 Å². The van der Waals surface area contributed by atoms with Gasteiger partial charge in [-0.15, -0.1) is 0 Å². The van der Waals surface area contributed by atoms with Crippen LogP contribution in [-0.4, -0.2) is 56.0 Å². The molecule has 1 aliphatic rings. The van der Waals surface area contributed by atoms with Crippen molar-refractivity contribution >= 4 is 6.09 Å². The van der Waals surface area contributed by atoms with E-state index in [0.29, 0.717) is 6.04 Å². The van der Waals surface area contributed by atoms with Crippen LogP contribution < -0.4 is 5.32 Å². The number of rotatable bonds is 6. The van der Waals surface area contributed by atoms with Gasteiger partial charge in [-0.3, -0.25) is 0 Å². The van der Waals surface area contributed by atoms with Gasteiger partial charge in [0.1, 0.15) is 5.60 Å². The first-order valence-corrected chi connectivity index (χ1v) is 8.33. The maximum Gasteiger partial charge on any atom is 0.410 e. The molecular weight excluding hydrogens is 280 g/mol. The average Bonchev–Trinajstić information content (AvgIpc) is 2.42. The van der Waals surface area contributed by atoms with Gasteiger partial charge < -0.3 is 19.7 Å². The van der Waals surface area contributed by atoms with Crippen LogP contribution in [0.5, 0.6) is 0 Å².